The number of ether oxygens (including phenoxy) is 3. The molecule has 386 valence electrons. The highest BCUT2D eigenvalue weighted by Gasteiger charge is 2.47. The van der Waals surface area contributed by atoms with Gasteiger partial charge in [-0.2, -0.15) is 0 Å². The maximum absolute atomic E-state index is 13.3. The van der Waals surface area contributed by atoms with Gasteiger partial charge in [0.15, 0.2) is 12.4 Å². The minimum Gasteiger partial charge on any atom is -0.454 e. The smallest absolute Gasteiger partial charge is 0.306 e. The number of rotatable bonds is 43. The number of hydrogen-bond donors (Lipinski definition) is 6. The van der Waals surface area contributed by atoms with Crippen LogP contribution in [-0.2, 0) is 23.8 Å². The molecule has 0 aromatic rings. The Morgan fingerprint density at radius 3 is 1.60 bits per heavy atom. The van der Waals surface area contributed by atoms with E-state index in [0.29, 0.717) is 19.3 Å². The van der Waals surface area contributed by atoms with Crippen LogP contribution in [0.3, 0.4) is 0 Å². The fraction of sp³-hybridized carbons (Fsp3) is 0.750. The second-order valence-corrected chi connectivity index (χ2v) is 18.4. The number of allylic oxidation sites excluding steroid dienone is 11. The van der Waals surface area contributed by atoms with E-state index < -0.39 is 67.4 Å². The van der Waals surface area contributed by atoms with E-state index in [0.717, 1.165) is 44.9 Å². The highest BCUT2D eigenvalue weighted by molar-refractivity contribution is 5.80. The zero-order valence-electron chi connectivity index (χ0n) is 42.2. The molecular formula is C56H97NO10. The fourth-order valence-electron chi connectivity index (χ4n) is 7.97. The summed E-state index contributed by atoms with van der Waals surface area (Å²) in [6.45, 7) is 5.57. The number of aliphatic hydroxyl groups excluding tert-OH is 5. The van der Waals surface area contributed by atoms with Crippen LogP contribution in [0.2, 0.25) is 0 Å². The third-order valence-electron chi connectivity index (χ3n) is 12.3. The number of aliphatic hydroxyl groups is 5. The Kier molecular flexibility index (Phi) is 41.1. The molecule has 67 heavy (non-hydrogen) atoms. The van der Waals surface area contributed by atoms with Crippen molar-refractivity contribution in [3.8, 4) is 0 Å². The number of carbonyl (C=O) groups excluding carboxylic acids is 2. The van der Waals surface area contributed by atoms with Crippen molar-refractivity contribution in [2.45, 2.75) is 256 Å². The van der Waals surface area contributed by atoms with Crippen LogP contribution < -0.4 is 5.32 Å². The lowest BCUT2D eigenvalue weighted by molar-refractivity contribution is -0.305. The molecular weight excluding hydrogens is 847 g/mol. The Morgan fingerprint density at radius 1 is 0.597 bits per heavy atom. The van der Waals surface area contributed by atoms with Crippen molar-refractivity contribution in [3.05, 3.63) is 72.9 Å². The average molecular weight is 944 g/mol. The molecule has 11 nitrogen and oxygen atoms in total. The Hall–Kier alpha value is -2.90. The first-order valence-electron chi connectivity index (χ1n) is 26.8. The summed E-state index contributed by atoms with van der Waals surface area (Å²) in [5.74, 6) is -1.28. The lowest BCUT2D eigenvalue weighted by atomic mass is 9.99. The largest absolute Gasteiger partial charge is 0.454 e. The van der Waals surface area contributed by atoms with Gasteiger partial charge in [0.05, 0.1) is 25.4 Å². The molecule has 11 heteroatoms. The van der Waals surface area contributed by atoms with Crippen molar-refractivity contribution in [2.24, 2.45) is 0 Å². The van der Waals surface area contributed by atoms with Crippen LogP contribution in [-0.4, -0.2) is 99.6 Å². The number of nitrogens with one attached hydrogen (secondary N) is 1. The Balaban J connectivity index is 2.83. The summed E-state index contributed by atoms with van der Waals surface area (Å²) in [6.07, 6.45) is 43.9. The Morgan fingerprint density at radius 2 is 1.07 bits per heavy atom. The van der Waals surface area contributed by atoms with E-state index in [1.54, 1.807) is 6.08 Å². The van der Waals surface area contributed by atoms with E-state index in [1.807, 2.05) is 60.8 Å². The molecule has 0 aliphatic carbocycles. The number of carbonyl (C=O) groups is 2. The minimum absolute atomic E-state index is 0.0257. The van der Waals surface area contributed by atoms with Crippen LogP contribution >= 0.6 is 0 Å². The molecule has 1 saturated heterocycles. The third kappa shape index (κ3) is 33.3. The molecule has 1 rings (SSSR count). The van der Waals surface area contributed by atoms with Gasteiger partial charge in [-0.05, 0) is 38.5 Å². The first-order chi connectivity index (χ1) is 32.7. The first-order valence-corrected chi connectivity index (χ1v) is 26.8. The van der Waals surface area contributed by atoms with Gasteiger partial charge < -0.3 is 45.1 Å². The number of hydrogen-bond acceptors (Lipinski definition) is 10. The predicted molar refractivity (Wildman–Crippen MR) is 273 cm³/mol. The average Bonchev–Trinajstić information content (AvgIpc) is 3.32. The van der Waals surface area contributed by atoms with Crippen LogP contribution in [0.4, 0.5) is 0 Å². The maximum Gasteiger partial charge on any atom is 0.306 e. The summed E-state index contributed by atoms with van der Waals surface area (Å²) in [6, 6.07) is -1.04. The van der Waals surface area contributed by atoms with E-state index >= 15 is 0 Å². The SMILES string of the molecule is CC/C=C/C=C/C=C\C=C/C=C/CCCC(=O)OC1C(OCC(NC(=O)C(O)CCCCCCCCCCCCCC)C(O)/C=C/CCCCCCCCCCCCC)OC(CO)C(O)C1O. The molecule has 1 fully saturated rings. The van der Waals surface area contributed by atoms with E-state index in [4.69, 9.17) is 14.2 Å². The third-order valence-corrected chi connectivity index (χ3v) is 12.3. The summed E-state index contributed by atoms with van der Waals surface area (Å²) in [5, 5.41) is 56.6. The van der Waals surface area contributed by atoms with E-state index in [-0.39, 0.29) is 19.4 Å². The van der Waals surface area contributed by atoms with E-state index in [1.165, 1.54) is 109 Å². The first kappa shape index (κ1) is 62.1. The Bertz CT molecular complexity index is 1360. The van der Waals surface area contributed by atoms with Gasteiger partial charge in [0.1, 0.15) is 24.4 Å². The van der Waals surface area contributed by atoms with E-state index in [9.17, 15) is 35.1 Å². The van der Waals surface area contributed by atoms with Crippen molar-refractivity contribution < 1.29 is 49.3 Å². The van der Waals surface area contributed by atoms with Gasteiger partial charge in [0.25, 0.3) is 0 Å². The van der Waals surface area contributed by atoms with Crippen molar-refractivity contribution >= 4 is 11.9 Å². The zero-order valence-corrected chi connectivity index (χ0v) is 42.2. The Labute approximate surface area is 407 Å². The van der Waals surface area contributed by atoms with Gasteiger partial charge in [-0.1, -0.05) is 235 Å². The molecule has 1 heterocycles. The highest BCUT2D eigenvalue weighted by Crippen LogP contribution is 2.26. The van der Waals surface area contributed by atoms with Gasteiger partial charge >= 0.3 is 5.97 Å². The molecule has 8 atom stereocenters. The van der Waals surface area contributed by atoms with Gasteiger partial charge in [-0.15, -0.1) is 0 Å². The van der Waals surface area contributed by atoms with Gasteiger partial charge in [0, 0.05) is 6.42 Å². The molecule has 1 aliphatic heterocycles. The van der Waals surface area contributed by atoms with Crippen LogP contribution in [0.1, 0.15) is 207 Å². The fourth-order valence-corrected chi connectivity index (χ4v) is 7.97. The standard InChI is InChI=1S/C56H97NO10/c1-4-7-10-13-16-19-22-25-28-30-33-36-39-42-48(59)47(57-55(64)49(60)43-40-37-34-31-27-24-21-18-15-12-9-6-3)46-65-56-54(53(63)52(62)50(45-58)66-56)67-51(61)44-41-38-35-32-29-26-23-20-17-14-11-8-5-2/h8,11,14,17,20,23,26,29,32,35,39,42,47-50,52-54,56,58-60,62-63H,4-7,9-10,12-13,15-16,18-19,21-22,24-25,27-28,30-31,33-34,36-38,40-41,43-46H2,1-3H3,(H,57,64)/b11-8+,17-14+,23-20-,29-26-,35-32+,42-39+. The monoisotopic (exact) mass is 944 g/mol. The summed E-state index contributed by atoms with van der Waals surface area (Å²) in [7, 11) is 0. The molecule has 0 aromatic carbocycles. The molecule has 8 unspecified atom stereocenters. The lowest BCUT2D eigenvalue weighted by Crippen LogP contribution is -2.61. The quantitative estimate of drug-likeness (QED) is 0.0149. The summed E-state index contributed by atoms with van der Waals surface area (Å²) in [4.78, 5) is 26.3. The molecule has 0 saturated carbocycles. The lowest BCUT2D eigenvalue weighted by Gasteiger charge is -2.41. The molecule has 0 spiro atoms. The molecule has 0 radical (unpaired) electrons. The second-order valence-electron chi connectivity index (χ2n) is 18.4. The molecule has 0 bridgehead atoms. The van der Waals surface area contributed by atoms with Crippen LogP contribution in [0, 0.1) is 0 Å². The van der Waals surface area contributed by atoms with Gasteiger partial charge in [0.2, 0.25) is 5.91 Å². The van der Waals surface area contributed by atoms with Crippen LogP contribution in [0.15, 0.2) is 72.9 Å². The zero-order chi connectivity index (χ0) is 49.0. The summed E-state index contributed by atoms with van der Waals surface area (Å²) in [5.41, 5.74) is 0. The topological polar surface area (TPSA) is 175 Å². The van der Waals surface area contributed by atoms with Crippen molar-refractivity contribution in [1.82, 2.24) is 5.32 Å². The second kappa shape index (κ2) is 44.3. The minimum atomic E-state index is -1.64. The molecule has 1 aliphatic rings. The van der Waals surface area contributed by atoms with Crippen molar-refractivity contribution in [1.29, 1.82) is 0 Å². The predicted octanol–water partition coefficient (Wildman–Crippen LogP) is 11.3. The van der Waals surface area contributed by atoms with Gasteiger partial charge in [-0.25, -0.2) is 0 Å². The molecule has 1 amide bonds. The normalized spacial score (nSPS) is 20.6. The summed E-state index contributed by atoms with van der Waals surface area (Å²) < 4.78 is 17.4. The summed E-state index contributed by atoms with van der Waals surface area (Å²) >= 11 is 0. The van der Waals surface area contributed by atoms with Crippen molar-refractivity contribution in [2.75, 3.05) is 13.2 Å². The van der Waals surface area contributed by atoms with Crippen LogP contribution in [0.5, 0.6) is 0 Å². The van der Waals surface area contributed by atoms with Gasteiger partial charge in [-0.3, -0.25) is 9.59 Å². The maximum atomic E-state index is 13.3. The number of esters is 1. The van der Waals surface area contributed by atoms with Crippen molar-refractivity contribution in [3.63, 3.8) is 0 Å². The number of unbranched alkanes of at least 4 members (excludes halogenated alkanes) is 23. The molecule has 6 N–H and O–H groups in total. The van der Waals surface area contributed by atoms with E-state index in [2.05, 4.69) is 32.2 Å². The highest BCUT2D eigenvalue weighted by atomic mass is 16.7. The number of amides is 1. The molecule has 0 aromatic heterocycles. The van der Waals surface area contributed by atoms with Crippen LogP contribution in [0.25, 0.3) is 0 Å².